The van der Waals surface area contributed by atoms with Crippen LogP contribution in [0, 0.1) is 0 Å². The van der Waals surface area contributed by atoms with E-state index >= 15 is 0 Å². The van der Waals surface area contributed by atoms with Crippen molar-refractivity contribution in [2.45, 2.75) is 11.6 Å². The van der Waals surface area contributed by atoms with Gasteiger partial charge in [-0.25, -0.2) is 0 Å². The molecule has 172 valence electrons. The third-order valence-electron chi connectivity index (χ3n) is 6.88. The molecule has 0 amide bonds. The highest BCUT2D eigenvalue weighted by atomic mass is 16.7. The van der Waals surface area contributed by atoms with E-state index in [1.165, 1.54) is 0 Å². The molecule has 0 N–H and O–H groups in total. The van der Waals surface area contributed by atoms with Crippen molar-refractivity contribution in [3.63, 3.8) is 0 Å². The molecule has 0 aromatic heterocycles. The molecule has 0 atom stereocenters. The average molecular weight is 453 g/mol. The van der Waals surface area contributed by atoms with Gasteiger partial charge in [-0.1, -0.05) is 97.1 Å². The summed E-state index contributed by atoms with van der Waals surface area (Å²) in [5.74, 6) is -1.99. The molecule has 0 saturated heterocycles. The molecule has 4 nitrogen and oxygen atoms in total. The van der Waals surface area contributed by atoms with Gasteiger partial charge in [-0.05, 0) is 22.3 Å². The van der Waals surface area contributed by atoms with Gasteiger partial charge in [-0.2, -0.15) is 0 Å². The van der Waals surface area contributed by atoms with Crippen LogP contribution in [0.2, 0.25) is 0 Å². The molecule has 0 unspecified atom stereocenters. The molecule has 7 aliphatic rings. The van der Waals surface area contributed by atoms with Crippen LogP contribution in [-0.2, 0) is 30.5 Å². The van der Waals surface area contributed by atoms with Crippen molar-refractivity contribution in [1.82, 2.24) is 0 Å². The lowest BCUT2D eigenvalue weighted by Gasteiger charge is -2.33. The van der Waals surface area contributed by atoms with Crippen LogP contribution in [0.5, 0.6) is 0 Å². The number of ether oxygens (including phenoxy) is 4. The maximum atomic E-state index is 5.97. The predicted octanol–water partition coefficient (Wildman–Crippen LogP) is 6.32. The largest absolute Gasteiger partial charge is 0.346 e. The molecule has 0 aliphatic heterocycles. The normalized spacial score (nSPS) is 15.4. The first kappa shape index (κ1) is 22.5. The molecule has 4 aromatic rings. The maximum absolute atomic E-state index is 5.97. The average Bonchev–Trinajstić information content (AvgIpc) is 2.92. The quantitative estimate of drug-likeness (QED) is 0.340. The molecule has 0 heterocycles. The molecule has 0 radical (unpaired) electrons. The van der Waals surface area contributed by atoms with Crippen LogP contribution >= 0.6 is 0 Å². The van der Waals surface area contributed by atoms with Crippen molar-refractivity contribution < 1.29 is 18.9 Å². The van der Waals surface area contributed by atoms with Gasteiger partial charge in [0.1, 0.15) is 0 Å². The van der Waals surface area contributed by atoms with E-state index in [0.29, 0.717) is 0 Å². The summed E-state index contributed by atoms with van der Waals surface area (Å²) in [7, 11) is 6.69. The summed E-state index contributed by atoms with van der Waals surface area (Å²) < 4.78 is 23.9. The molecular weight excluding hydrogens is 424 g/mol. The second kappa shape index (κ2) is 8.82. The Labute approximate surface area is 200 Å². The van der Waals surface area contributed by atoms with Crippen LogP contribution in [0.25, 0.3) is 22.3 Å². The predicted molar refractivity (Wildman–Crippen MR) is 133 cm³/mol. The van der Waals surface area contributed by atoms with Gasteiger partial charge >= 0.3 is 0 Å². The second-order valence-corrected chi connectivity index (χ2v) is 8.36. The van der Waals surface area contributed by atoms with Crippen molar-refractivity contribution in [1.29, 1.82) is 0 Å². The van der Waals surface area contributed by atoms with Crippen LogP contribution in [0.4, 0.5) is 0 Å². The summed E-state index contributed by atoms with van der Waals surface area (Å²) in [6.07, 6.45) is 0. The lowest BCUT2D eigenvalue weighted by molar-refractivity contribution is -0.184. The standard InChI is InChI=1S/C30H28O4/c1-31-29(32-2)25-13-5-21(6-14-25)23-9-17-27(18-10-23)30(33-3,34-4)28-19-11-24(12-20-28)22-7-15-26(29)16-8-22/h5-20H,1-4H3. The van der Waals surface area contributed by atoms with E-state index in [0.717, 1.165) is 44.5 Å². The Morgan fingerprint density at radius 2 is 0.500 bits per heavy atom. The van der Waals surface area contributed by atoms with Gasteiger partial charge in [0, 0.05) is 50.7 Å². The Kier molecular flexibility index (Phi) is 5.84. The number of hydrogen-bond donors (Lipinski definition) is 0. The van der Waals surface area contributed by atoms with E-state index in [1.54, 1.807) is 28.4 Å². The minimum Gasteiger partial charge on any atom is -0.346 e. The van der Waals surface area contributed by atoms with E-state index in [9.17, 15) is 0 Å². The highest BCUT2D eigenvalue weighted by Crippen LogP contribution is 2.39. The number of methoxy groups -OCH3 is 4. The SMILES string of the molecule is COC1(OC)c2ccc(cc2)-c2ccc(cc2)C(OC)(OC)c2ccc(cc2)-c2ccc1cc2. The number of hydrogen-bond acceptors (Lipinski definition) is 4. The third-order valence-corrected chi connectivity index (χ3v) is 6.88. The molecule has 0 saturated carbocycles. The molecule has 34 heavy (non-hydrogen) atoms. The Bertz CT molecular complexity index is 1050. The lowest BCUT2D eigenvalue weighted by atomic mass is 9.90. The minimum atomic E-state index is -0.993. The van der Waals surface area contributed by atoms with Crippen LogP contribution in [0.15, 0.2) is 97.1 Å². The fourth-order valence-corrected chi connectivity index (χ4v) is 4.97. The van der Waals surface area contributed by atoms with Gasteiger partial charge in [0.05, 0.1) is 0 Å². The van der Waals surface area contributed by atoms with Gasteiger partial charge in [-0.3, -0.25) is 0 Å². The Hall–Kier alpha value is -3.28. The highest BCUT2D eigenvalue weighted by Gasteiger charge is 2.36. The Morgan fingerprint density at radius 3 is 0.647 bits per heavy atom. The second-order valence-electron chi connectivity index (χ2n) is 8.36. The van der Waals surface area contributed by atoms with Gasteiger partial charge in [0.2, 0.25) is 11.6 Å². The van der Waals surface area contributed by atoms with E-state index in [-0.39, 0.29) is 0 Å². The van der Waals surface area contributed by atoms with E-state index in [4.69, 9.17) is 18.9 Å². The molecule has 8 bridgehead atoms. The summed E-state index contributed by atoms with van der Waals surface area (Å²) in [6.45, 7) is 0. The first-order valence-electron chi connectivity index (χ1n) is 11.2. The van der Waals surface area contributed by atoms with Crippen molar-refractivity contribution >= 4 is 0 Å². The van der Waals surface area contributed by atoms with Crippen LogP contribution < -0.4 is 0 Å². The summed E-state index contributed by atoms with van der Waals surface area (Å²) in [5, 5.41) is 0. The summed E-state index contributed by atoms with van der Waals surface area (Å²) in [5.41, 5.74) is 8.08. The molecule has 7 aliphatic carbocycles. The first-order valence-corrected chi connectivity index (χ1v) is 11.2. The van der Waals surface area contributed by atoms with Crippen molar-refractivity contribution in [2.75, 3.05) is 28.4 Å². The zero-order valence-corrected chi connectivity index (χ0v) is 19.9. The first-order chi connectivity index (χ1) is 16.6. The van der Waals surface area contributed by atoms with E-state index in [2.05, 4.69) is 97.1 Å². The summed E-state index contributed by atoms with van der Waals surface area (Å²) in [6, 6.07) is 33.2. The number of benzene rings is 4. The fraction of sp³-hybridized carbons (Fsp3) is 0.200. The van der Waals surface area contributed by atoms with Crippen LogP contribution in [0.1, 0.15) is 22.3 Å². The lowest BCUT2D eigenvalue weighted by Crippen LogP contribution is -2.32. The molecule has 0 spiro atoms. The van der Waals surface area contributed by atoms with Gasteiger partial charge in [-0.15, -0.1) is 0 Å². The molecule has 0 fully saturated rings. The van der Waals surface area contributed by atoms with Crippen molar-refractivity contribution in [3.8, 4) is 22.3 Å². The minimum absolute atomic E-state index is 0.925. The van der Waals surface area contributed by atoms with Gasteiger partial charge in [0.15, 0.2) is 0 Å². The zero-order chi connectivity index (χ0) is 23.8. The van der Waals surface area contributed by atoms with Gasteiger partial charge < -0.3 is 18.9 Å². The third kappa shape index (κ3) is 3.39. The topological polar surface area (TPSA) is 36.9 Å². The molecule has 11 rings (SSSR count). The summed E-state index contributed by atoms with van der Waals surface area (Å²) in [4.78, 5) is 0. The monoisotopic (exact) mass is 452 g/mol. The van der Waals surface area contributed by atoms with Gasteiger partial charge in [0.25, 0.3) is 0 Å². The van der Waals surface area contributed by atoms with Crippen LogP contribution in [-0.4, -0.2) is 28.4 Å². The fourth-order valence-electron chi connectivity index (χ4n) is 4.97. The highest BCUT2D eigenvalue weighted by molar-refractivity contribution is 5.67. The van der Waals surface area contributed by atoms with Crippen molar-refractivity contribution in [3.05, 3.63) is 119 Å². The van der Waals surface area contributed by atoms with E-state index < -0.39 is 11.6 Å². The van der Waals surface area contributed by atoms with Crippen molar-refractivity contribution in [2.24, 2.45) is 0 Å². The van der Waals surface area contributed by atoms with Crippen LogP contribution in [0.3, 0.4) is 0 Å². The zero-order valence-electron chi connectivity index (χ0n) is 19.9. The van der Waals surface area contributed by atoms with E-state index in [1.807, 2.05) is 0 Å². The molecule has 4 heteroatoms. The molecule has 4 aromatic carbocycles. The Morgan fingerprint density at radius 1 is 0.324 bits per heavy atom. The maximum Gasteiger partial charge on any atom is 0.221 e. The number of rotatable bonds is 4. The smallest absolute Gasteiger partial charge is 0.221 e. The molecular formula is C30H28O4. The summed E-state index contributed by atoms with van der Waals surface area (Å²) >= 11 is 0. The Balaban J connectivity index is 1.75.